The topological polar surface area (TPSA) is 34.1 Å². The van der Waals surface area contributed by atoms with Crippen LogP contribution in [0.3, 0.4) is 0 Å². The molecule has 0 atom stereocenters. The van der Waals surface area contributed by atoms with Gasteiger partial charge in [0.05, 0.1) is 5.02 Å². The van der Waals surface area contributed by atoms with Crippen molar-refractivity contribution in [1.29, 1.82) is 0 Å². The van der Waals surface area contributed by atoms with Crippen molar-refractivity contribution in [1.82, 2.24) is 0 Å². The molecule has 0 saturated heterocycles. The summed E-state index contributed by atoms with van der Waals surface area (Å²) >= 11 is 6.23. The fourth-order valence-electron chi connectivity index (χ4n) is 2.34. The lowest BCUT2D eigenvalue weighted by molar-refractivity contribution is 0.102. The molecule has 0 aliphatic rings. The Kier molecular flexibility index (Phi) is 4.35. The Balaban J connectivity index is 1.93. The number of benzene rings is 3. The zero-order chi connectivity index (χ0) is 16.2. The number of carbonyl (C=O) groups is 2. The molecule has 0 aromatic heterocycles. The van der Waals surface area contributed by atoms with Crippen LogP contribution in [0.2, 0.25) is 5.02 Å². The fraction of sp³-hybridized carbons (Fsp3) is 0. The lowest BCUT2D eigenvalue weighted by atomic mass is 9.98. The second kappa shape index (κ2) is 6.59. The van der Waals surface area contributed by atoms with Crippen molar-refractivity contribution in [2.45, 2.75) is 0 Å². The van der Waals surface area contributed by atoms with Crippen molar-refractivity contribution in [3.8, 4) is 0 Å². The Bertz CT molecular complexity index is 855. The van der Waals surface area contributed by atoms with Crippen LogP contribution in [-0.4, -0.2) is 11.6 Å². The molecular formula is C20H13ClO2. The van der Waals surface area contributed by atoms with Gasteiger partial charge in [-0.2, -0.15) is 0 Å². The zero-order valence-electron chi connectivity index (χ0n) is 12.2. The number of hydrogen-bond acceptors (Lipinski definition) is 2. The van der Waals surface area contributed by atoms with Crippen molar-refractivity contribution in [2.24, 2.45) is 0 Å². The summed E-state index contributed by atoms with van der Waals surface area (Å²) in [4.78, 5) is 24.9. The van der Waals surface area contributed by atoms with Gasteiger partial charge in [-0.3, -0.25) is 9.59 Å². The summed E-state index contributed by atoms with van der Waals surface area (Å²) in [7, 11) is 0. The van der Waals surface area contributed by atoms with Gasteiger partial charge in [0.1, 0.15) is 0 Å². The second-order valence-corrected chi connectivity index (χ2v) is 5.49. The molecule has 3 aromatic carbocycles. The highest BCUT2D eigenvalue weighted by atomic mass is 35.5. The van der Waals surface area contributed by atoms with Crippen LogP contribution in [0.1, 0.15) is 31.8 Å². The summed E-state index contributed by atoms with van der Waals surface area (Å²) in [5.74, 6) is -0.277. The van der Waals surface area contributed by atoms with E-state index >= 15 is 0 Å². The number of rotatable bonds is 4. The lowest BCUT2D eigenvalue weighted by Crippen LogP contribution is -2.05. The van der Waals surface area contributed by atoms with Gasteiger partial charge in [0.25, 0.3) is 0 Å². The summed E-state index contributed by atoms with van der Waals surface area (Å²) in [6.07, 6.45) is 0. The molecule has 112 valence electrons. The molecule has 3 heteroatoms. The van der Waals surface area contributed by atoms with E-state index in [1.807, 2.05) is 24.3 Å². The Labute approximate surface area is 139 Å². The smallest absolute Gasteiger partial charge is 0.194 e. The number of halogens is 1. The maximum absolute atomic E-state index is 12.4. The molecule has 0 radical (unpaired) electrons. The van der Waals surface area contributed by atoms with Crippen LogP contribution in [0.4, 0.5) is 0 Å². The van der Waals surface area contributed by atoms with Gasteiger partial charge in [-0.15, -0.1) is 0 Å². The first-order valence-electron chi connectivity index (χ1n) is 7.16. The van der Waals surface area contributed by atoms with Crippen molar-refractivity contribution < 1.29 is 9.59 Å². The molecule has 0 heterocycles. The lowest BCUT2D eigenvalue weighted by Gasteiger charge is -2.06. The molecular weight excluding hydrogens is 308 g/mol. The molecule has 0 N–H and O–H groups in total. The van der Waals surface area contributed by atoms with Crippen LogP contribution in [0, 0.1) is 0 Å². The average Bonchev–Trinajstić information content (AvgIpc) is 2.62. The van der Waals surface area contributed by atoms with Gasteiger partial charge >= 0.3 is 0 Å². The van der Waals surface area contributed by atoms with Gasteiger partial charge in [0.15, 0.2) is 11.6 Å². The van der Waals surface area contributed by atoms with E-state index in [4.69, 9.17) is 11.6 Å². The van der Waals surface area contributed by atoms with Crippen molar-refractivity contribution in [3.63, 3.8) is 0 Å². The number of carbonyl (C=O) groups excluding carboxylic acids is 2. The van der Waals surface area contributed by atoms with E-state index in [2.05, 4.69) is 0 Å². The van der Waals surface area contributed by atoms with Gasteiger partial charge in [-0.25, -0.2) is 0 Å². The van der Waals surface area contributed by atoms with Gasteiger partial charge in [-0.05, 0) is 12.1 Å². The molecule has 0 bridgehead atoms. The van der Waals surface area contributed by atoms with E-state index in [0.29, 0.717) is 22.3 Å². The first-order chi connectivity index (χ1) is 11.2. The van der Waals surface area contributed by atoms with Crippen LogP contribution in [-0.2, 0) is 0 Å². The molecule has 0 amide bonds. The van der Waals surface area contributed by atoms with Crippen LogP contribution in [0.15, 0.2) is 78.9 Å². The van der Waals surface area contributed by atoms with Crippen molar-refractivity contribution in [3.05, 3.63) is 106 Å². The minimum Gasteiger partial charge on any atom is -0.289 e. The van der Waals surface area contributed by atoms with Crippen LogP contribution >= 0.6 is 11.6 Å². The minimum absolute atomic E-state index is 0.119. The molecule has 23 heavy (non-hydrogen) atoms. The molecule has 0 unspecified atom stereocenters. The van der Waals surface area contributed by atoms with Crippen LogP contribution in [0.5, 0.6) is 0 Å². The molecule has 2 nitrogen and oxygen atoms in total. The van der Waals surface area contributed by atoms with Crippen LogP contribution < -0.4 is 0 Å². The summed E-state index contributed by atoms with van der Waals surface area (Å²) < 4.78 is 0. The third-order valence-corrected chi connectivity index (χ3v) is 3.86. The van der Waals surface area contributed by atoms with Crippen molar-refractivity contribution in [2.75, 3.05) is 0 Å². The van der Waals surface area contributed by atoms with Gasteiger partial charge < -0.3 is 0 Å². The molecule has 0 fully saturated rings. The first kappa shape index (κ1) is 15.2. The standard InChI is InChI=1S/C20H13ClO2/c21-18-13-16(19(22)14-7-3-1-4-8-14)11-12-17(18)20(23)15-9-5-2-6-10-15/h1-13H. The first-order valence-corrected chi connectivity index (χ1v) is 7.53. The predicted octanol–water partition coefficient (Wildman–Crippen LogP) is 4.80. The molecule has 0 aliphatic heterocycles. The predicted molar refractivity (Wildman–Crippen MR) is 91.2 cm³/mol. The summed E-state index contributed by atoms with van der Waals surface area (Å²) in [5, 5.41) is 0.278. The van der Waals surface area contributed by atoms with Crippen LogP contribution in [0.25, 0.3) is 0 Å². The number of ketones is 2. The molecule has 3 rings (SSSR count). The van der Waals surface area contributed by atoms with E-state index in [1.54, 1.807) is 54.6 Å². The summed E-state index contributed by atoms with van der Waals surface area (Å²) in [6, 6.07) is 22.7. The summed E-state index contributed by atoms with van der Waals surface area (Å²) in [5.41, 5.74) is 2.01. The quantitative estimate of drug-likeness (QED) is 0.647. The Morgan fingerprint density at radius 3 is 1.65 bits per heavy atom. The monoisotopic (exact) mass is 320 g/mol. The van der Waals surface area contributed by atoms with E-state index in [-0.39, 0.29) is 16.6 Å². The summed E-state index contributed by atoms with van der Waals surface area (Å²) in [6.45, 7) is 0. The molecule has 0 spiro atoms. The highest BCUT2D eigenvalue weighted by Crippen LogP contribution is 2.22. The largest absolute Gasteiger partial charge is 0.289 e. The van der Waals surface area contributed by atoms with Gasteiger partial charge in [-0.1, -0.05) is 78.3 Å². The van der Waals surface area contributed by atoms with Crippen molar-refractivity contribution >= 4 is 23.2 Å². The third kappa shape index (κ3) is 3.22. The highest BCUT2D eigenvalue weighted by Gasteiger charge is 2.15. The van der Waals surface area contributed by atoms with Gasteiger partial charge in [0, 0.05) is 22.3 Å². The Morgan fingerprint density at radius 1 is 0.609 bits per heavy atom. The Hall–Kier alpha value is -2.71. The second-order valence-electron chi connectivity index (χ2n) is 5.08. The third-order valence-electron chi connectivity index (χ3n) is 3.55. The maximum atomic E-state index is 12.4. The maximum Gasteiger partial charge on any atom is 0.194 e. The highest BCUT2D eigenvalue weighted by molar-refractivity contribution is 6.35. The molecule has 0 aliphatic carbocycles. The van der Waals surface area contributed by atoms with E-state index in [9.17, 15) is 9.59 Å². The normalized spacial score (nSPS) is 10.3. The fourth-order valence-corrected chi connectivity index (χ4v) is 2.61. The van der Waals surface area contributed by atoms with E-state index in [0.717, 1.165) is 0 Å². The van der Waals surface area contributed by atoms with Gasteiger partial charge in [0.2, 0.25) is 0 Å². The minimum atomic E-state index is -0.158. The SMILES string of the molecule is O=C(c1ccccc1)c1ccc(C(=O)c2ccccc2)c(Cl)c1. The average molecular weight is 321 g/mol. The van der Waals surface area contributed by atoms with E-state index < -0.39 is 0 Å². The molecule has 0 saturated carbocycles. The number of hydrogen-bond donors (Lipinski definition) is 0. The van der Waals surface area contributed by atoms with E-state index in [1.165, 1.54) is 0 Å². The Morgan fingerprint density at radius 2 is 1.13 bits per heavy atom. The molecule has 3 aromatic rings. The zero-order valence-corrected chi connectivity index (χ0v) is 13.0.